The summed E-state index contributed by atoms with van der Waals surface area (Å²) in [5, 5.41) is 8.53. The first-order valence-corrected chi connectivity index (χ1v) is 4.37. The van der Waals surface area contributed by atoms with Gasteiger partial charge in [0, 0.05) is 0 Å². The van der Waals surface area contributed by atoms with E-state index in [9.17, 15) is 18.4 Å². The number of aromatic carboxylic acids is 1. The summed E-state index contributed by atoms with van der Waals surface area (Å²) < 4.78 is 35.2. The quantitative estimate of drug-likeness (QED) is 0.808. The number of carboxylic acid groups (broad SMARTS) is 1. The summed E-state index contributed by atoms with van der Waals surface area (Å²) >= 11 is 0. The summed E-state index contributed by atoms with van der Waals surface area (Å²) in [6.45, 7) is -0.670. The maximum absolute atomic E-state index is 13.2. The molecule has 1 N–H and O–H groups in total. The molecule has 0 fully saturated rings. The van der Waals surface area contributed by atoms with Crippen molar-refractivity contribution >= 4 is 11.9 Å². The molecule has 17 heavy (non-hydrogen) atoms. The second-order valence-electron chi connectivity index (χ2n) is 2.94. The van der Waals surface area contributed by atoms with Crippen molar-refractivity contribution < 1.29 is 33.0 Å². The van der Waals surface area contributed by atoms with Crippen LogP contribution >= 0.6 is 0 Å². The molecule has 1 aromatic rings. The van der Waals surface area contributed by atoms with Gasteiger partial charge in [0.05, 0.1) is 12.7 Å². The van der Waals surface area contributed by atoms with E-state index in [0.29, 0.717) is 12.1 Å². The van der Waals surface area contributed by atoms with Crippen molar-refractivity contribution in [3.05, 3.63) is 29.3 Å². The number of hydrogen-bond donors (Lipinski definition) is 1. The van der Waals surface area contributed by atoms with E-state index in [1.807, 2.05) is 0 Å². The predicted molar refractivity (Wildman–Crippen MR) is 50.8 cm³/mol. The minimum atomic E-state index is -1.47. The number of esters is 1. The number of benzene rings is 1. The van der Waals surface area contributed by atoms with Gasteiger partial charge in [-0.15, -0.1) is 0 Å². The summed E-state index contributed by atoms with van der Waals surface area (Å²) in [6.07, 6.45) is 0. The fourth-order valence-corrected chi connectivity index (χ4v) is 1.01. The third-order valence-electron chi connectivity index (χ3n) is 1.81. The van der Waals surface area contributed by atoms with Gasteiger partial charge >= 0.3 is 11.9 Å². The van der Waals surface area contributed by atoms with E-state index in [2.05, 4.69) is 9.47 Å². The van der Waals surface area contributed by atoms with Crippen LogP contribution in [0.25, 0.3) is 0 Å². The van der Waals surface area contributed by atoms with E-state index in [-0.39, 0.29) is 0 Å². The topological polar surface area (TPSA) is 72.8 Å². The molecule has 0 saturated heterocycles. The van der Waals surface area contributed by atoms with Crippen molar-refractivity contribution in [2.75, 3.05) is 13.7 Å². The number of rotatable bonds is 4. The first-order valence-electron chi connectivity index (χ1n) is 4.37. The number of methoxy groups -OCH3 is 1. The van der Waals surface area contributed by atoms with Gasteiger partial charge in [-0.2, -0.15) is 0 Å². The summed E-state index contributed by atoms with van der Waals surface area (Å²) in [4.78, 5) is 21.2. The van der Waals surface area contributed by atoms with Crippen LogP contribution < -0.4 is 4.74 Å². The molecular formula is C10H8F2O5. The lowest BCUT2D eigenvalue weighted by Gasteiger charge is -2.07. The Labute approximate surface area is 94.6 Å². The fraction of sp³-hybridized carbons (Fsp3) is 0.200. The van der Waals surface area contributed by atoms with Crippen molar-refractivity contribution in [1.29, 1.82) is 0 Å². The molecule has 0 atom stereocenters. The van der Waals surface area contributed by atoms with Crippen LogP contribution in [0.15, 0.2) is 12.1 Å². The van der Waals surface area contributed by atoms with Crippen molar-refractivity contribution in [3.63, 3.8) is 0 Å². The lowest BCUT2D eigenvalue weighted by Crippen LogP contribution is -2.14. The molecule has 92 valence electrons. The van der Waals surface area contributed by atoms with Gasteiger partial charge in [-0.05, 0) is 12.1 Å². The first-order chi connectivity index (χ1) is 7.95. The molecular weight excluding hydrogens is 238 g/mol. The fourth-order valence-electron chi connectivity index (χ4n) is 1.01. The van der Waals surface area contributed by atoms with E-state index in [1.54, 1.807) is 0 Å². The summed E-state index contributed by atoms with van der Waals surface area (Å²) in [5.41, 5.74) is -0.551. The van der Waals surface area contributed by atoms with Gasteiger partial charge in [-0.1, -0.05) is 0 Å². The van der Waals surface area contributed by atoms with Crippen molar-refractivity contribution in [1.82, 2.24) is 0 Å². The Hall–Kier alpha value is -2.18. The molecule has 7 heteroatoms. The SMILES string of the molecule is COC(=O)COc1c(F)cc(C(=O)O)cc1F. The summed E-state index contributed by atoms with van der Waals surface area (Å²) in [6, 6.07) is 1.19. The summed E-state index contributed by atoms with van der Waals surface area (Å²) in [7, 11) is 1.09. The lowest BCUT2D eigenvalue weighted by atomic mass is 10.2. The molecule has 0 aliphatic rings. The largest absolute Gasteiger partial charge is 0.478 e. The molecule has 0 spiro atoms. The zero-order valence-corrected chi connectivity index (χ0v) is 8.70. The Morgan fingerprint density at radius 3 is 2.24 bits per heavy atom. The molecule has 5 nitrogen and oxygen atoms in total. The average Bonchev–Trinajstić information content (AvgIpc) is 2.27. The van der Waals surface area contributed by atoms with Crippen molar-refractivity contribution in [2.45, 2.75) is 0 Å². The molecule has 0 amide bonds. The number of carbonyl (C=O) groups excluding carboxylic acids is 1. The van der Waals surface area contributed by atoms with E-state index >= 15 is 0 Å². The molecule has 0 aromatic heterocycles. The van der Waals surface area contributed by atoms with Crippen LogP contribution in [0, 0.1) is 11.6 Å². The van der Waals surface area contributed by atoms with Gasteiger partial charge in [0.15, 0.2) is 24.0 Å². The van der Waals surface area contributed by atoms with Crippen LogP contribution in [-0.4, -0.2) is 30.8 Å². The maximum atomic E-state index is 13.2. The monoisotopic (exact) mass is 246 g/mol. The molecule has 0 bridgehead atoms. The minimum Gasteiger partial charge on any atom is -0.478 e. The van der Waals surface area contributed by atoms with E-state index in [4.69, 9.17) is 5.11 Å². The second-order valence-corrected chi connectivity index (χ2v) is 2.94. The number of ether oxygens (including phenoxy) is 2. The van der Waals surface area contributed by atoms with E-state index in [0.717, 1.165) is 7.11 Å². The zero-order valence-electron chi connectivity index (χ0n) is 8.70. The maximum Gasteiger partial charge on any atom is 0.343 e. The molecule has 0 aliphatic heterocycles. The first kappa shape index (κ1) is 12.9. The van der Waals surface area contributed by atoms with E-state index < -0.39 is 41.5 Å². The highest BCUT2D eigenvalue weighted by molar-refractivity contribution is 5.87. The van der Waals surface area contributed by atoms with Gasteiger partial charge in [0.1, 0.15) is 0 Å². The Balaban J connectivity index is 2.94. The highest BCUT2D eigenvalue weighted by Gasteiger charge is 2.16. The third-order valence-corrected chi connectivity index (χ3v) is 1.81. The highest BCUT2D eigenvalue weighted by Crippen LogP contribution is 2.23. The Morgan fingerprint density at radius 2 is 1.82 bits per heavy atom. The van der Waals surface area contributed by atoms with Crippen LogP contribution in [-0.2, 0) is 9.53 Å². The van der Waals surface area contributed by atoms with Gasteiger partial charge in [-0.25, -0.2) is 18.4 Å². The van der Waals surface area contributed by atoms with Crippen LogP contribution in [0.1, 0.15) is 10.4 Å². The van der Waals surface area contributed by atoms with Gasteiger partial charge in [0.2, 0.25) is 0 Å². The minimum absolute atomic E-state index is 0.551. The van der Waals surface area contributed by atoms with Gasteiger partial charge in [0.25, 0.3) is 0 Å². The molecule has 1 rings (SSSR count). The second kappa shape index (κ2) is 5.24. The molecule has 0 radical (unpaired) electrons. The lowest BCUT2D eigenvalue weighted by molar-refractivity contribution is -0.143. The molecule has 0 unspecified atom stereocenters. The standard InChI is InChI=1S/C10H8F2O5/c1-16-8(13)4-17-9-6(11)2-5(10(14)15)3-7(9)12/h2-3H,4H2,1H3,(H,14,15). The normalized spacial score (nSPS) is 9.82. The Kier molecular flexibility index (Phi) is 3.97. The molecule has 0 aliphatic carbocycles. The van der Waals surface area contributed by atoms with E-state index in [1.165, 1.54) is 0 Å². The van der Waals surface area contributed by atoms with Gasteiger partial charge < -0.3 is 14.6 Å². The smallest absolute Gasteiger partial charge is 0.343 e. The zero-order chi connectivity index (χ0) is 13.0. The van der Waals surface area contributed by atoms with Crippen LogP contribution in [0.5, 0.6) is 5.75 Å². The number of carboxylic acids is 1. The number of hydrogen-bond acceptors (Lipinski definition) is 4. The molecule has 1 aromatic carbocycles. The number of carbonyl (C=O) groups is 2. The number of halogens is 2. The Morgan fingerprint density at radius 1 is 1.29 bits per heavy atom. The van der Waals surface area contributed by atoms with Crippen LogP contribution in [0.3, 0.4) is 0 Å². The van der Waals surface area contributed by atoms with Gasteiger partial charge in [-0.3, -0.25) is 0 Å². The average molecular weight is 246 g/mol. The summed E-state index contributed by atoms with van der Waals surface area (Å²) in [5.74, 6) is -5.51. The van der Waals surface area contributed by atoms with Crippen molar-refractivity contribution in [3.8, 4) is 5.75 Å². The molecule has 0 heterocycles. The highest BCUT2D eigenvalue weighted by atomic mass is 19.1. The molecule has 0 saturated carbocycles. The Bertz CT molecular complexity index is 435. The van der Waals surface area contributed by atoms with Crippen molar-refractivity contribution in [2.24, 2.45) is 0 Å². The third kappa shape index (κ3) is 3.13. The van der Waals surface area contributed by atoms with Crippen LogP contribution in [0.2, 0.25) is 0 Å². The predicted octanol–water partition coefficient (Wildman–Crippen LogP) is 1.21. The van der Waals surface area contributed by atoms with Crippen LogP contribution in [0.4, 0.5) is 8.78 Å².